The monoisotopic (exact) mass is 280 g/mol. The molecule has 1 aromatic carbocycles. The van der Waals surface area contributed by atoms with Gasteiger partial charge >= 0.3 is 0 Å². The molecule has 0 atom stereocenters. The molecule has 5 nitrogen and oxygen atoms in total. The largest absolute Gasteiger partial charge is 0.325 e. The molecule has 0 spiro atoms. The van der Waals surface area contributed by atoms with Crippen molar-refractivity contribution in [1.82, 2.24) is 0 Å². The molecular weight excluding hydrogens is 264 g/mol. The average Bonchev–Trinajstić information content (AvgIpc) is 2.28. The van der Waals surface area contributed by atoms with E-state index in [2.05, 4.69) is 19.2 Å². The van der Waals surface area contributed by atoms with E-state index in [0.29, 0.717) is 11.6 Å². The lowest BCUT2D eigenvalue weighted by molar-refractivity contribution is -0.113. The highest BCUT2D eigenvalue weighted by atomic mass is 32.2. The highest BCUT2D eigenvalue weighted by Crippen LogP contribution is 2.17. The summed E-state index contributed by atoms with van der Waals surface area (Å²) in [5, 5.41) is 10.8. The molecule has 6 heteroatoms. The molecule has 19 heavy (non-hydrogen) atoms. The number of nitrogens with zero attached hydrogens (tertiary/aromatic N) is 1. The Bertz CT molecular complexity index is 583. The third kappa shape index (κ3) is 5.10. The Hall–Kier alpha value is -1.87. The van der Waals surface area contributed by atoms with Gasteiger partial charge in [-0.3, -0.25) is 4.79 Å². The molecule has 1 aromatic rings. The summed E-state index contributed by atoms with van der Waals surface area (Å²) < 4.78 is 22.6. The van der Waals surface area contributed by atoms with Crippen LogP contribution in [0.4, 0.5) is 5.69 Å². The van der Waals surface area contributed by atoms with E-state index in [1.165, 1.54) is 6.07 Å². The van der Waals surface area contributed by atoms with Gasteiger partial charge < -0.3 is 5.32 Å². The van der Waals surface area contributed by atoms with Crippen LogP contribution in [0.15, 0.2) is 24.3 Å². The second kappa shape index (κ2) is 6.34. The summed E-state index contributed by atoms with van der Waals surface area (Å²) in [5.41, 5.74) is 1.68. The highest BCUT2D eigenvalue weighted by Gasteiger charge is 2.16. The van der Waals surface area contributed by atoms with Crippen molar-refractivity contribution in [2.75, 3.05) is 16.8 Å². The second-order valence-electron chi connectivity index (χ2n) is 4.52. The van der Waals surface area contributed by atoms with Crippen LogP contribution in [0.3, 0.4) is 0 Å². The molecule has 0 radical (unpaired) electrons. The van der Waals surface area contributed by atoms with Crippen molar-refractivity contribution < 1.29 is 13.2 Å². The first kappa shape index (κ1) is 15.2. The Morgan fingerprint density at radius 3 is 2.37 bits per heavy atom. The molecule has 0 heterocycles. The molecular formula is C13H16N2O3S. The van der Waals surface area contributed by atoms with Gasteiger partial charge in [-0.25, -0.2) is 8.42 Å². The molecule has 102 valence electrons. The van der Waals surface area contributed by atoms with E-state index in [-0.39, 0.29) is 0 Å². The first-order valence-electron chi connectivity index (χ1n) is 5.81. The fraction of sp³-hybridized carbons (Fsp3) is 0.385. The maximum Gasteiger partial charge on any atom is 0.239 e. The quantitative estimate of drug-likeness (QED) is 0.889. The Kier molecular flexibility index (Phi) is 5.07. The van der Waals surface area contributed by atoms with E-state index in [4.69, 9.17) is 5.26 Å². The molecule has 0 fully saturated rings. The molecule has 0 aliphatic heterocycles. The van der Waals surface area contributed by atoms with Gasteiger partial charge in [0, 0.05) is 5.69 Å². The molecule has 0 saturated heterocycles. The van der Waals surface area contributed by atoms with Crippen LogP contribution in [0.25, 0.3) is 0 Å². The number of hydrogen-bond acceptors (Lipinski definition) is 4. The average molecular weight is 280 g/mol. The van der Waals surface area contributed by atoms with Crippen molar-refractivity contribution in [2.24, 2.45) is 0 Å². The molecule has 1 rings (SSSR count). The van der Waals surface area contributed by atoms with Crippen molar-refractivity contribution in [3.05, 3.63) is 29.8 Å². The highest BCUT2D eigenvalue weighted by molar-refractivity contribution is 7.92. The lowest BCUT2D eigenvalue weighted by atomic mass is 10.0. The zero-order valence-electron chi connectivity index (χ0n) is 10.9. The van der Waals surface area contributed by atoms with Gasteiger partial charge in [0.15, 0.2) is 9.84 Å². The van der Waals surface area contributed by atoms with E-state index >= 15 is 0 Å². The van der Waals surface area contributed by atoms with Gasteiger partial charge in [0.2, 0.25) is 5.91 Å². The predicted molar refractivity (Wildman–Crippen MR) is 73.4 cm³/mol. The number of nitrogens with one attached hydrogen (secondary N) is 1. The van der Waals surface area contributed by atoms with Crippen molar-refractivity contribution in [3.63, 3.8) is 0 Å². The molecule has 0 unspecified atom stereocenters. The molecule has 0 bridgehead atoms. The zero-order chi connectivity index (χ0) is 14.5. The first-order valence-corrected chi connectivity index (χ1v) is 7.63. The van der Waals surface area contributed by atoms with Crippen molar-refractivity contribution >= 4 is 21.4 Å². The molecule has 1 N–H and O–H groups in total. The third-order valence-corrected chi connectivity index (χ3v) is 3.77. The zero-order valence-corrected chi connectivity index (χ0v) is 11.7. The minimum absolute atomic E-state index is 0.390. The standard InChI is InChI=1S/C13H16N2O3S/c1-10(2)11-3-5-12(6-4-11)15-13(16)9-19(17,18)8-7-14/h3-6,10H,8-9H2,1-2H3,(H,15,16). The fourth-order valence-electron chi connectivity index (χ4n) is 1.50. The maximum absolute atomic E-state index is 11.5. The van der Waals surface area contributed by atoms with Crippen LogP contribution in [-0.4, -0.2) is 25.8 Å². The van der Waals surface area contributed by atoms with Crippen LogP contribution < -0.4 is 5.32 Å². The van der Waals surface area contributed by atoms with Crippen molar-refractivity contribution in [1.29, 1.82) is 5.26 Å². The molecule has 1 amide bonds. The smallest absolute Gasteiger partial charge is 0.239 e. The van der Waals surface area contributed by atoms with Gasteiger partial charge in [-0.15, -0.1) is 0 Å². The molecule has 0 aliphatic rings. The van der Waals surface area contributed by atoms with Gasteiger partial charge in [-0.1, -0.05) is 26.0 Å². The summed E-state index contributed by atoms with van der Waals surface area (Å²) in [4.78, 5) is 11.5. The summed E-state index contributed by atoms with van der Waals surface area (Å²) in [5.74, 6) is -1.56. The second-order valence-corrected chi connectivity index (χ2v) is 6.58. The Morgan fingerprint density at radius 1 is 1.32 bits per heavy atom. The summed E-state index contributed by atoms with van der Waals surface area (Å²) in [6, 6.07) is 8.74. The number of hydrogen-bond donors (Lipinski definition) is 1. The number of carbonyl (C=O) groups is 1. The van der Waals surface area contributed by atoms with Gasteiger partial charge in [-0.2, -0.15) is 5.26 Å². The maximum atomic E-state index is 11.5. The van der Waals surface area contributed by atoms with Gasteiger partial charge in [0.25, 0.3) is 0 Å². The summed E-state index contributed by atoms with van der Waals surface area (Å²) in [6.45, 7) is 4.12. The summed E-state index contributed by atoms with van der Waals surface area (Å²) >= 11 is 0. The fourth-order valence-corrected chi connectivity index (χ4v) is 2.27. The minimum atomic E-state index is -3.65. The minimum Gasteiger partial charge on any atom is -0.325 e. The first-order chi connectivity index (χ1) is 8.84. The Morgan fingerprint density at radius 2 is 1.89 bits per heavy atom. The van der Waals surface area contributed by atoms with Crippen LogP contribution in [0.1, 0.15) is 25.3 Å². The van der Waals surface area contributed by atoms with Crippen LogP contribution in [0.5, 0.6) is 0 Å². The van der Waals surface area contributed by atoms with E-state index in [0.717, 1.165) is 5.56 Å². The number of sulfone groups is 1. The Balaban J connectivity index is 2.65. The Labute approximate surface area is 113 Å². The topological polar surface area (TPSA) is 87.0 Å². The normalized spacial score (nSPS) is 11.1. The van der Waals surface area contributed by atoms with Gasteiger partial charge in [0.1, 0.15) is 11.5 Å². The van der Waals surface area contributed by atoms with Crippen LogP contribution in [0.2, 0.25) is 0 Å². The number of amides is 1. The number of benzene rings is 1. The summed E-state index contributed by atoms with van der Waals surface area (Å²) in [6.07, 6.45) is 0. The van der Waals surface area contributed by atoms with Crippen LogP contribution >= 0.6 is 0 Å². The molecule has 0 aliphatic carbocycles. The van der Waals surface area contributed by atoms with Crippen molar-refractivity contribution in [2.45, 2.75) is 19.8 Å². The number of rotatable bonds is 5. The van der Waals surface area contributed by atoms with Crippen LogP contribution in [-0.2, 0) is 14.6 Å². The number of anilines is 1. The molecule has 0 aromatic heterocycles. The number of nitriles is 1. The predicted octanol–water partition coefficient (Wildman–Crippen LogP) is 1.69. The van der Waals surface area contributed by atoms with Crippen molar-refractivity contribution in [3.8, 4) is 6.07 Å². The van der Waals surface area contributed by atoms with E-state index < -0.39 is 27.3 Å². The lowest BCUT2D eigenvalue weighted by Gasteiger charge is -2.08. The van der Waals surface area contributed by atoms with E-state index in [1.54, 1.807) is 12.1 Å². The third-order valence-electron chi connectivity index (χ3n) is 2.50. The lowest BCUT2D eigenvalue weighted by Crippen LogP contribution is -2.24. The number of carbonyl (C=O) groups excluding carboxylic acids is 1. The van der Waals surface area contributed by atoms with Gasteiger partial charge in [0.05, 0.1) is 6.07 Å². The van der Waals surface area contributed by atoms with E-state index in [1.807, 2.05) is 12.1 Å². The summed E-state index contributed by atoms with van der Waals surface area (Å²) in [7, 11) is -3.65. The molecule has 0 saturated carbocycles. The SMILES string of the molecule is CC(C)c1ccc(NC(=O)CS(=O)(=O)CC#N)cc1. The van der Waals surface area contributed by atoms with Crippen LogP contribution in [0, 0.1) is 11.3 Å². The van der Waals surface area contributed by atoms with Gasteiger partial charge in [-0.05, 0) is 23.6 Å². The van der Waals surface area contributed by atoms with E-state index in [9.17, 15) is 13.2 Å².